The number of hydrogen-bond acceptors (Lipinski definition) is 2. The second-order valence-electron chi connectivity index (χ2n) is 3.53. The molecule has 3 heteroatoms. The molecule has 82 valence electrons. The molecule has 0 unspecified atom stereocenters. The Labute approximate surface area is 108 Å². The van der Waals surface area contributed by atoms with Crippen LogP contribution in [0.15, 0.2) is 56.7 Å². The van der Waals surface area contributed by atoms with Gasteiger partial charge in [0.05, 0.1) is 4.90 Å². The number of phenolic OH excluding ortho intramolecular Hbond substituents is 1. The van der Waals surface area contributed by atoms with E-state index >= 15 is 0 Å². The molecule has 0 spiro atoms. The topological polar surface area (TPSA) is 20.2 Å². The van der Waals surface area contributed by atoms with Crippen LogP contribution in [0.5, 0.6) is 5.75 Å². The van der Waals surface area contributed by atoms with Crippen molar-refractivity contribution in [3.63, 3.8) is 0 Å². The van der Waals surface area contributed by atoms with Crippen LogP contribution >= 0.6 is 27.7 Å². The lowest BCUT2D eigenvalue weighted by atomic mass is 10.2. The highest BCUT2D eigenvalue weighted by atomic mass is 79.9. The lowest BCUT2D eigenvalue weighted by Crippen LogP contribution is -1.77. The molecule has 0 aliphatic carbocycles. The van der Waals surface area contributed by atoms with Crippen molar-refractivity contribution in [2.45, 2.75) is 16.7 Å². The lowest BCUT2D eigenvalue weighted by Gasteiger charge is -2.05. The van der Waals surface area contributed by atoms with Crippen molar-refractivity contribution in [3.05, 3.63) is 52.5 Å². The van der Waals surface area contributed by atoms with E-state index in [2.05, 4.69) is 47.1 Å². The zero-order valence-corrected chi connectivity index (χ0v) is 11.2. The zero-order valence-electron chi connectivity index (χ0n) is 8.77. The maximum absolute atomic E-state index is 9.76. The summed E-state index contributed by atoms with van der Waals surface area (Å²) in [5.74, 6) is 0.306. The van der Waals surface area contributed by atoms with Crippen LogP contribution in [-0.4, -0.2) is 5.11 Å². The minimum Gasteiger partial charge on any atom is -0.507 e. The van der Waals surface area contributed by atoms with Gasteiger partial charge >= 0.3 is 0 Å². The fraction of sp³-hybridized carbons (Fsp3) is 0.0769. The van der Waals surface area contributed by atoms with E-state index in [1.165, 1.54) is 5.56 Å². The lowest BCUT2D eigenvalue weighted by molar-refractivity contribution is 0.462. The summed E-state index contributed by atoms with van der Waals surface area (Å²) in [5, 5.41) is 9.76. The highest BCUT2D eigenvalue weighted by Crippen LogP contribution is 2.35. The quantitative estimate of drug-likeness (QED) is 0.872. The van der Waals surface area contributed by atoms with Crippen LogP contribution in [0.2, 0.25) is 0 Å². The Hall–Kier alpha value is -0.930. The summed E-state index contributed by atoms with van der Waals surface area (Å²) < 4.78 is 0.887. The molecule has 0 amide bonds. The van der Waals surface area contributed by atoms with E-state index in [0.717, 1.165) is 14.3 Å². The normalized spacial score (nSPS) is 10.4. The van der Waals surface area contributed by atoms with E-state index in [-0.39, 0.29) is 0 Å². The van der Waals surface area contributed by atoms with Crippen molar-refractivity contribution in [2.24, 2.45) is 0 Å². The fourth-order valence-electron chi connectivity index (χ4n) is 1.31. The Morgan fingerprint density at radius 2 is 1.75 bits per heavy atom. The van der Waals surface area contributed by atoms with Gasteiger partial charge in [0.2, 0.25) is 0 Å². The van der Waals surface area contributed by atoms with Gasteiger partial charge in [-0.25, -0.2) is 0 Å². The summed E-state index contributed by atoms with van der Waals surface area (Å²) in [6.45, 7) is 2.06. The Morgan fingerprint density at radius 1 is 1.06 bits per heavy atom. The van der Waals surface area contributed by atoms with Gasteiger partial charge in [-0.2, -0.15) is 0 Å². The zero-order chi connectivity index (χ0) is 11.5. The summed E-state index contributed by atoms with van der Waals surface area (Å²) in [6, 6.07) is 13.8. The van der Waals surface area contributed by atoms with Gasteiger partial charge in [0, 0.05) is 9.37 Å². The monoisotopic (exact) mass is 294 g/mol. The number of aryl methyl sites for hydroxylation is 1. The number of rotatable bonds is 2. The Kier molecular flexibility index (Phi) is 3.56. The summed E-state index contributed by atoms with van der Waals surface area (Å²) in [6.07, 6.45) is 0. The molecule has 0 radical (unpaired) electrons. The molecule has 0 saturated carbocycles. The third kappa shape index (κ3) is 2.80. The summed E-state index contributed by atoms with van der Waals surface area (Å²) in [4.78, 5) is 2.00. The minimum atomic E-state index is 0.306. The predicted octanol–water partition coefficient (Wildman–Crippen LogP) is 4.61. The van der Waals surface area contributed by atoms with Gasteiger partial charge in [0.15, 0.2) is 0 Å². The third-order valence-corrected chi connectivity index (χ3v) is 3.74. The standard InChI is InChI=1S/C13H11BrOS/c1-9-2-5-11(6-3-9)16-13-7-4-10(14)8-12(13)15/h2-8,15H,1H3. The predicted molar refractivity (Wildman–Crippen MR) is 71.1 cm³/mol. The smallest absolute Gasteiger partial charge is 0.130 e. The molecule has 0 atom stereocenters. The van der Waals surface area contributed by atoms with Gasteiger partial charge in [-0.05, 0) is 37.3 Å². The molecule has 0 aromatic heterocycles. The summed E-state index contributed by atoms with van der Waals surface area (Å²) >= 11 is 4.88. The molecule has 0 bridgehead atoms. The second-order valence-corrected chi connectivity index (χ2v) is 5.56. The summed E-state index contributed by atoms with van der Waals surface area (Å²) in [5.41, 5.74) is 1.24. The molecule has 0 saturated heterocycles. The van der Waals surface area contributed by atoms with E-state index in [0.29, 0.717) is 5.75 Å². The molecule has 0 aliphatic rings. The van der Waals surface area contributed by atoms with Crippen LogP contribution in [-0.2, 0) is 0 Å². The van der Waals surface area contributed by atoms with E-state index < -0.39 is 0 Å². The van der Waals surface area contributed by atoms with Crippen LogP contribution in [0.4, 0.5) is 0 Å². The first-order valence-corrected chi connectivity index (χ1v) is 6.49. The first-order valence-electron chi connectivity index (χ1n) is 4.88. The maximum Gasteiger partial charge on any atom is 0.130 e. The Bertz CT molecular complexity index is 494. The number of benzene rings is 2. The van der Waals surface area contributed by atoms with Crippen molar-refractivity contribution in [1.82, 2.24) is 0 Å². The van der Waals surface area contributed by atoms with Gasteiger partial charge in [0.1, 0.15) is 5.75 Å². The highest BCUT2D eigenvalue weighted by Gasteiger charge is 2.03. The van der Waals surface area contributed by atoms with Crippen molar-refractivity contribution >= 4 is 27.7 Å². The summed E-state index contributed by atoms with van der Waals surface area (Å²) in [7, 11) is 0. The number of aromatic hydroxyl groups is 1. The van der Waals surface area contributed by atoms with Gasteiger partial charge in [-0.3, -0.25) is 0 Å². The van der Waals surface area contributed by atoms with Crippen LogP contribution in [0, 0.1) is 6.92 Å². The van der Waals surface area contributed by atoms with E-state index in [1.807, 2.05) is 12.1 Å². The molecule has 0 aliphatic heterocycles. The van der Waals surface area contributed by atoms with E-state index in [1.54, 1.807) is 17.8 Å². The molecule has 0 heterocycles. The molecular weight excluding hydrogens is 284 g/mol. The average Bonchev–Trinajstić information content (AvgIpc) is 2.25. The van der Waals surface area contributed by atoms with Gasteiger partial charge in [0.25, 0.3) is 0 Å². The molecule has 2 aromatic carbocycles. The molecule has 16 heavy (non-hydrogen) atoms. The van der Waals surface area contributed by atoms with E-state index in [4.69, 9.17) is 0 Å². The number of hydrogen-bond donors (Lipinski definition) is 1. The molecule has 2 rings (SSSR count). The Balaban J connectivity index is 2.23. The largest absolute Gasteiger partial charge is 0.507 e. The van der Waals surface area contributed by atoms with Crippen molar-refractivity contribution in [1.29, 1.82) is 0 Å². The molecule has 1 nitrogen and oxygen atoms in total. The van der Waals surface area contributed by atoms with Crippen molar-refractivity contribution < 1.29 is 5.11 Å². The highest BCUT2D eigenvalue weighted by molar-refractivity contribution is 9.10. The average molecular weight is 295 g/mol. The fourth-order valence-corrected chi connectivity index (χ4v) is 2.48. The van der Waals surface area contributed by atoms with E-state index in [9.17, 15) is 5.11 Å². The molecular formula is C13H11BrOS. The van der Waals surface area contributed by atoms with Crippen LogP contribution in [0.1, 0.15) is 5.56 Å². The van der Waals surface area contributed by atoms with Gasteiger partial charge in [-0.15, -0.1) is 0 Å². The third-order valence-electron chi connectivity index (χ3n) is 2.17. The Morgan fingerprint density at radius 3 is 2.38 bits per heavy atom. The maximum atomic E-state index is 9.76. The van der Waals surface area contributed by atoms with Gasteiger partial charge < -0.3 is 5.11 Å². The van der Waals surface area contributed by atoms with Crippen molar-refractivity contribution in [3.8, 4) is 5.75 Å². The van der Waals surface area contributed by atoms with Crippen molar-refractivity contribution in [2.75, 3.05) is 0 Å². The van der Waals surface area contributed by atoms with Gasteiger partial charge in [-0.1, -0.05) is 45.4 Å². The molecule has 2 aromatic rings. The van der Waals surface area contributed by atoms with Crippen LogP contribution in [0.25, 0.3) is 0 Å². The van der Waals surface area contributed by atoms with Crippen LogP contribution in [0.3, 0.4) is 0 Å². The van der Waals surface area contributed by atoms with Crippen LogP contribution < -0.4 is 0 Å². The first kappa shape index (κ1) is 11.6. The SMILES string of the molecule is Cc1ccc(Sc2ccc(Br)cc2O)cc1. The number of halogens is 1. The molecule has 0 fully saturated rings. The molecule has 1 N–H and O–H groups in total. The first-order chi connectivity index (χ1) is 7.65. The number of phenols is 1. The minimum absolute atomic E-state index is 0.306. The second kappa shape index (κ2) is 4.93.